The van der Waals surface area contributed by atoms with Gasteiger partial charge in [0.15, 0.2) is 5.78 Å². The number of hydrogen-bond donors (Lipinski definition) is 0. The Morgan fingerprint density at radius 2 is 2.00 bits per heavy atom. The molecule has 0 unspecified atom stereocenters. The van der Waals surface area contributed by atoms with Crippen LogP contribution in [-0.4, -0.2) is 12.9 Å². The lowest BCUT2D eigenvalue weighted by Gasteiger charge is -2.03. The SMILES string of the molecule is COc1cccc(C(=O)c2csc3c(Br)cccc23)c1. The molecular weight excluding hydrogens is 336 g/mol. The fourth-order valence-corrected chi connectivity index (χ4v) is 3.72. The summed E-state index contributed by atoms with van der Waals surface area (Å²) in [7, 11) is 1.60. The molecule has 0 aliphatic heterocycles. The summed E-state index contributed by atoms with van der Waals surface area (Å²) in [4.78, 5) is 12.6. The third kappa shape index (κ3) is 2.25. The van der Waals surface area contributed by atoms with Gasteiger partial charge in [-0.2, -0.15) is 0 Å². The van der Waals surface area contributed by atoms with Gasteiger partial charge in [0.25, 0.3) is 0 Å². The zero-order chi connectivity index (χ0) is 14.1. The highest BCUT2D eigenvalue weighted by Crippen LogP contribution is 2.33. The molecule has 0 N–H and O–H groups in total. The topological polar surface area (TPSA) is 26.3 Å². The number of hydrogen-bond acceptors (Lipinski definition) is 3. The molecule has 1 aromatic heterocycles. The summed E-state index contributed by atoms with van der Waals surface area (Å²) < 4.78 is 7.29. The fraction of sp³-hybridized carbons (Fsp3) is 0.0625. The summed E-state index contributed by atoms with van der Waals surface area (Å²) in [5, 5.41) is 2.90. The number of ether oxygens (including phenoxy) is 1. The number of fused-ring (bicyclic) bond motifs is 1. The van der Waals surface area contributed by atoms with Crippen molar-refractivity contribution in [2.75, 3.05) is 7.11 Å². The van der Waals surface area contributed by atoms with Crippen LogP contribution in [0.5, 0.6) is 5.75 Å². The van der Waals surface area contributed by atoms with Crippen molar-refractivity contribution in [1.82, 2.24) is 0 Å². The van der Waals surface area contributed by atoms with Gasteiger partial charge in [0, 0.05) is 31.1 Å². The third-order valence-electron chi connectivity index (χ3n) is 3.13. The summed E-state index contributed by atoms with van der Waals surface area (Å²) in [6.07, 6.45) is 0. The lowest BCUT2D eigenvalue weighted by atomic mass is 10.0. The Morgan fingerprint density at radius 3 is 2.80 bits per heavy atom. The summed E-state index contributed by atoms with van der Waals surface area (Å²) in [5.74, 6) is 0.713. The van der Waals surface area contributed by atoms with Gasteiger partial charge in [-0.25, -0.2) is 0 Å². The van der Waals surface area contributed by atoms with E-state index in [9.17, 15) is 4.79 Å². The van der Waals surface area contributed by atoms with Crippen LogP contribution in [0.2, 0.25) is 0 Å². The number of ketones is 1. The summed E-state index contributed by atoms with van der Waals surface area (Å²) in [6, 6.07) is 13.1. The van der Waals surface area contributed by atoms with Gasteiger partial charge in [0.2, 0.25) is 0 Å². The average molecular weight is 347 g/mol. The molecule has 2 aromatic carbocycles. The molecule has 0 radical (unpaired) electrons. The highest BCUT2D eigenvalue weighted by atomic mass is 79.9. The van der Waals surface area contributed by atoms with E-state index < -0.39 is 0 Å². The first kappa shape index (κ1) is 13.3. The van der Waals surface area contributed by atoms with Crippen molar-refractivity contribution in [3.63, 3.8) is 0 Å². The number of methoxy groups -OCH3 is 1. The number of benzene rings is 2. The minimum atomic E-state index is 0.0215. The molecule has 0 spiro atoms. The first-order chi connectivity index (χ1) is 9.70. The molecule has 0 saturated carbocycles. The number of rotatable bonds is 3. The smallest absolute Gasteiger partial charge is 0.194 e. The molecule has 0 fully saturated rings. The van der Waals surface area contributed by atoms with Gasteiger partial charge < -0.3 is 4.74 Å². The van der Waals surface area contributed by atoms with Crippen LogP contribution in [0.4, 0.5) is 0 Å². The van der Waals surface area contributed by atoms with Crippen LogP contribution >= 0.6 is 27.3 Å². The highest BCUT2D eigenvalue weighted by molar-refractivity contribution is 9.10. The van der Waals surface area contributed by atoms with Crippen LogP contribution in [0.25, 0.3) is 10.1 Å². The van der Waals surface area contributed by atoms with Crippen molar-refractivity contribution in [3.05, 3.63) is 63.4 Å². The zero-order valence-electron chi connectivity index (χ0n) is 10.7. The molecule has 4 heteroatoms. The van der Waals surface area contributed by atoms with Crippen LogP contribution in [-0.2, 0) is 0 Å². The Balaban J connectivity index is 2.10. The normalized spacial score (nSPS) is 10.7. The van der Waals surface area contributed by atoms with E-state index in [1.807, 2.05) is 41.8 Å². The van der Waals surface area contributed by atoms with Crippen molar-refractivity contribution in [2.45, 2.75) is 0 Å². The average Bonchev–Trinajstić information content (AvgIpc) is 2.92. The molecule has 0 saturated heterocycles. The van der Waals surface area contributed by atoms with E-state index in [2.05, 4.69) is 15.9 Å². The van der Waals surface area contributed by atoms with Gasteiger partial charge in [0.1, 0.15) is 5.75 Å². The lowest BCUT2D eigenvalue weighted by Crippen LogP contribution is -2.00. The summed E-state index contributed by atoms with van der Waals surface area (Å²) in [6.45, 7) is 0. The van der Waals surface area contributed by atoms with E-state index >= 15 is 0 Å². The maximum Gasteiger partial charge on any atom is 0.194 e. The van der Waals surface area contributed by atoms with Crippen LogP contribution < -0.4 is 4.74 Å². The fourth-order valence-electron chi connectivity index (χ4n) is 2.12. The number of carbonyl (C=O) groups is 1. The third-order valence-corrected chi connectivity index (χ3v) is 5.08. The van der Waals surface area contributed by atoms with Crippen LogP contribution in [0.1, 0.15) is 15.9 Å². The maximum atomic E-state index is 12.6. The predicted octanol–water partition coefficient (Wildman–Crippen LogP) is 4.90. The van der Waals surface area contributed by atoms with Crippen molar-refractivity contribution < 1.29 is 9.53 Å². The van der Waals surface area contributed by atoms with E-state index in [0.29, 0.717) is 11.3 Å². The molecule has 20 heavy (non-hydrogen) atoms. The van der Waals surface area contributed by atoms with Crippen molar-refractivity contribution in [3.8, 4) is 5.75 Å². The van der Waals surface area contributed by atoms with E-state index in [1.165, 1.54) is 0 Å². The van der Waals surface area contributed by atoms with Crippen molar-refractivity contribution in [2.24, 2.45) is 0 Å². The first-order valence-electron chi connectivity index (χ1n) is 6.05. The Labute approximate surface area is 129 Å². The van der Waals surface area contributed by atoms with E-state index in [0.717, 1.165) is 20.1 Å². The largest absolute Gasteiger partial charge is 0.497 e. The maximum absolute atomic E-state index is 12.6. The van der Waals surface area contributed by atoms with Gasteiger partial charge in [-0.05, 0) is 34.1 Å². The second kappa shape index (κ2) is 5.38. The Bertz CT molecular complexity index is 792. The molecule has 3 rings (SSSR count). The van der Waals surface area contributed by atoms with Gasteiger partial charge in [0.05, 0.1) is 7.11 Å². The molecule has 0 amide bonds. The molecule has 100 valence electrons. The molecular formula is C16H11BrO2S. The number of carbonyl (C=O) groups excluding carboxylic acids is 1. The molecule has 3 aromatic rings. The van der Waals surface area contributed by atoms with Gasteiger partial charge in [-0.1, -0.05) is 24.3 Å². The molecule has 0 aliphatic rings. The van der Waals surface area contributed by atoms with Crippen LogP contribution in [0, 0.1) is 0 Å². The number of thiophene rings is 1. The molecule has 1 heterocycles. The highest BCUT2D eigenvalue weighted by Gasteiger charge is 2.15. The van der Waals surface area contributed by atoms with Crippen LogP contribution in [0.15, 0.2) is 52.3 Å². The first-order valence-corrected chi connectivity index (χ1v) is 7.72. The molecule has 0 atom stereocenters. The monoisotopic (exact) mass is 346 g/mol. The molecule has 2 nitrogen and oxygen atoms in total. The second-order valence-electron chi connectivity index (χ2n) is 4.33. The van der Waals surface area contributed by atoms with Crippen LogP contribution in [0.3, 0.4) is 0 Å². The van der Waals surface area contributed by atoms with Crippen molar-refractivity contribution >= 4 is 43.1 Å². The second-order valence-corrected chi connectivity index (χ2v) is 6.06. The standard InChI is InChI=1S/C16H11BrO2S/c1-19-11-5-2-4-10(8-11)15(18)13-9-20-16-12(13)6-3-7-14(16)17/h2-9H,1H3. The summed E-state index contributed by atoms with van der Waals surface area (Å²) >= 11 is 5.09. The molecule has 0 aliphatic carbocycles. The molecule has 0 bridgehead atoms. The van der Waals surface area contributed by atoms with Gasteiger partial charge in [-0.3, -0.25) is 4.79 Å². The van der Waals surface area contributed by atoms with E-state index in [1.54, 1.807) is 24.5 Å². The summed E-state index contributed by atoms with van der Waals surface area (Å²) in [5.41, 5.74) is 1.38. The minimum Gasteiger partial charge on any atom is -0.497 e. The Morgan fingerprint density at radius 1 is 1.20 bits per heavy atom. The van der Waals surface area contributed by atoms with Gasteiger partial charge >= 0.3 is 0 Å². The lowest BCUT2D eigenvalue weighted by molar-refractivity contribution is 0.104. The zero-order valence-corrected chi connectivity index (χ0v) is 13.1. The quantitative estimate of drug-likeness (QED) is 0.630. The minimum absolute atomic E-state index is 0.0215. The Kier molecular flexibility index (Phi) is 3.59. The van der Waals surface area contributed by atoms with E-state index in [-0.39, 0.29) is 5.78 Å². The Hall–Kier alpha value is -1.65. The van der Waals surface area contributed by atoms with Crippen molar-refractivity contribution in [1.29, 1.82) is 0 Å². The predicted molar refractivity (Wildman–Crippen MR) is 86.0 cm³/mol. The van der Waals surface area contributed by atoms with Gasteiger partial charge in [-0.15, -0.1) is 11.3 Å². The number of halogens is 1. The van der Waals surface area contributed by atoms with E-state index in [4.69, 9.17) is 4.74 Å².